The third kappa shape index (κ3) is 3.97. The number of carbonyl (C=O) groups excluding carboxylic acids is 1. The average molecular weight is 410 g/mol. The molecule has 0 spiro atoms. The molecule has 0 radical (unpaired) electrons. The van der Waals surface area contributed by atoms with E-state index in [-0.39, 0.29) is 5.82 Å². The van der Waals surface area contributed by atoms with Crippen LogP contribution in [0.3, 0.4) is 0 Å². The van der Waals surface area contributed by atoms with Gasteiger partial charge in [0.1, 0.15) is 11.5 Å². The van der Waals surface area contributed by atoms with Crippen LogP contribution in [0.25, 0.3) is 5.78 Å². The van der Waals surface area contributed by atoms with E-state index in [2.05, 4.69) is 20.4 Å². The monoisotopic (exact) mass is 409 g/mol. The standard InChI is InChI=1S/C20H16ClN5O3/c1-12-9-10-22-20-24-18(25-26(12)20)19(27)23-16-11-13(21)3-8-17(16)29-15-6-4-14(28-2)5-7-15/h3-11H,1-2H3,(H,23,27). The summed E-state index contributed by atoms with van der Waals surface area (Å²) in [5.41, 5.74) is 1.20. The molecule has 2 aromatic carbocycles. The molecule has 0 atom stereocenters. The van der Waals surface area contributed by atoms with E-state index >= 15 is 0 Å². The maximum atomic E-state index is 12.7. The van der Waals surface area contributed by atoms with Crippen LogP contribution < -0.4 is 14.8 Å². The number of fused-ring (bicyclic) bond motifs is 1. The zero-order chi connectivity index (χ0) is 20.4. The lowest BCUT2D eigenvalue weighted by Crippen LogP contribution is -2.14. The molecule has 4 aromatic rings. The summed E-state index contributed by atoms with van der Waals surface area (Å²) in [7, 11) is 1.59. The minimum absolute atomic E-state index is 0.0119. The fraction of sp³-hybridized carbons (Fsp3) is 0.100. The molecule has 29 heavy (non-hydrogen) atoms. The molecule has 0 saturated heterocycles. The number of aryl methyl sites for hydroxylation is 1. The summed E-state index contributed by atoms with van der Waals surface area (Å²) in [5.74, 6) is 1.54. The average Bonchev–Trinajstić information content (AvgIpc) is 3.16. The molecule has 2 heterocycles. The van der Waals surface area contributed by atoms with E-state index in [0.717, 1.165) is 5.69 Å². The number of hydrogen-bond acceptors (Lipinski definition) is 6. The van der Waals surface area contributed by atoms with Crippen LogP contribution >= 0.6 is 11.6 Å². The Labute approximate surface area is 171 Å². The van der Waals surface area contributed by atoms with Gasteiger partial charge in [-0.2, -0.15) is 4.98 Å². The number of aromatic nitrogens is 4. The van der Waals surface area contributed by atoms with Gasteiger partial charge in [-0.3, -0.25) is 4.79 Å². The first-order valence-corrected chi connectivity index (χ1v) is 9.02. The topological polar surface area (TPSA) is 90.6 Å². The molecule has 0 aliphatic heterocycles. The molecule has 0 aliphatic carbocycles. The number of nitrogens with zero attached hydrogens (tertiary/aromatic N) is 4. The van der Waals surface area contributed by atoms with Crippen molar-refractivity contribution in [1.29, 1.82) is 0 Å². The van der Waals surface area contributed by atoms with Crippen molar-refractivity contribution in [3.8, 4) is 17.2 Å². The molecular formula is C20H16ClN5O3. The van der Waals surface area contributed by atoms with Crippen molar-refractivity contribution in [2.75, 3.05) is 12.4 Å². The van der Waals surface area contributed by atoms with E-state index in [9.17, 15) is 4.79 Å². The molecule has 0 fully saturated rings. The largest absolute Gasteiger partial charge is 0.497 e. The summed E-state index contributed by atoms with van der Waals surface area (Å²) < 4.78 is 12.5. The number of nitrogens with one attached hydrogen (secondary N) is 1. The first-order valence-electron chi connectivity index (χ1n) is 8.64. The van der Waals surface area contributed by atoms with Crippen molar-refractivity contribution < 1.29 is 14.3 Å². The lowest BCUT2D eigenvalue weighted by Gasteiger charge is -2.12. The quantitative estimate of drug-likeness (QED) is 0.532. The number of rotatable bonds is 5. The number of anilines is 1. The van der Waals surface area contributed by atoms with Crippen molar-refractivity contribution >= 4 is 29.0 Å². The summed E-state index contributed by atoms with van der Waals surface area (Å²) in [6.45, 7) is 1.85. The van der Waals surface area contributed by atoms with Gasteiger partial charge in [-0.15, -0.1) is 5.10 Å². The van der Waals surface area contributed by atoms with Gasteiger partial charge < -0.3 is 14.8 Å². The Kier molecular flexibility index (Phi) is 5.01. The van der Waals surface area contributed by atoms with Gasteiger partial charge >= 0.3 is 0 Å². The number of halogens is 1. The fourth-order valence-corrected chi connectivity index (χ4v) is 2.81. The van der Waals surface area contributed by atoms with E-state index in [1.807, 2.05) is 6.92 Å². The Morgan fingerprint density at radius 3 is 2.59 bits per heavy atom. The molecule has 0 unspecified atom stereocenters. The van der Waals surface area contributed by atoms with Crippen LogP contribution in [0.2, 0.25) is 5.02 Å². The highest BCUT2D eigenvalue weighted by atomic mass is 35.5. The predicted molar refractivity (Wildman–Crippen MR) is 108 cm³/mol. The predicted octanol–water partition coefficient (Wildman–Crippen LogP) is 4.14. The molecule has 0 bridgehead atoms. The van der Waals surface area contributed by atoms with Gasteiger partial charge in [-0.1, -0.05) is 11.6 Å². The number of ether oxygens (including phenoxy) is 2. The van der Waals surface area contributed by atoms with Crippen molar-refractivity contribution in [2.45, 2.75) is 6.92 Å². The SMILES string of the molecule is COc1ccc(Oc2ccc(Cl)cc2NC(=O)c2nc3nccc(C)n3n2)cc1. The normalized spacial score (nSPS) is 10.7. The number of amides is 1. The maximum absolute atomic E-state index is 12.7. The minimum Gasteiger partial charge on any atom is -0.497 e. The van der Waals surface area contributed by atoms with Crippen LogP contribution in [0.15, 0.2) is 54.7 Å². The van der Waals surface area contributed by atoms with Gasteiger partial charge in [0.15, 0.2) is 5.75 Å². The molecule has 4 rings (SSSR count). The smallest absolute Gasteiger partial charge is 0.295 e. The summed E-state index contributed by atoms with van der Waals surface area (Å²) in [5, 5.41) is 7.41. The van der Waals surface area contributed by atoms with Crippen LogP contribution in [-0.2, 0) is 0 Å². The lowest BCUT2D eigenvalue weighted by atomic mass is 10.2. The molecule has 0 aliphatic rings. The number of methoxy groups -OCH3 is 1. The highest BCUT2D eigenvalue weighted by Gasteiger charge is 2.17. The Balaban J connectivity index is 1.60. The molecule has 9 heteroatoms. The summed E-state index contributed by atoms with van der Waals surface area (Å²) >= 11 is 6.11. The zero-order valence-electron chi connectivity index (χ0n) is 15.6. The number of hydrogen-bond donors (Lipinski definition) is 1. The Hall–Kier alpha value is -3.65. The van der Waals surface area contributed by atoms with Gasteiger partial charge in [0.05, 0.1) is 12.8 Å². The summed E-state index contributed by atoms with van der Waals surface area (Å²) in [4.78, 5) is 21.0. The molecule has 146 valence electrons. The van der Waals surface area contributed by atoms with E-state index in [0.29, 0.717) is 33.7 Å². The van der Waals surface area contributed by atoms with Gasteiger partial charge in [0.2, 0.25) is 5.82 Å². The van der Waals surface area contributed by atoms with Gasteiger partial charge in [-0.05, 0) is 55.5 Å². The van der Waals surface area contributed by atoms with Crippen molar-refractivity contribution in [1.82, 2.24) is 19.6 Å². The lowest BCUT2D eigenvalue weighted by molar-refractivity contribution is 0.101. The van der Waals surface area contributed by atoms with Crippen LogP contribution in [0.5, 0.6) is 17.2 Å². The van der Waals surface area contributed by atoms with Crippen LogP contribution in [0.1, 0.15) is 16.3 Å². The molecule has 8 nitrogen and oxygen atoms in total. The van der Waals surface area contributed by atoms with Crippen molar-refractivity contribution in [2.24, 2.45) is 0 Å². The summed E-state index contributed by atoms with van der Waals surface area (Å²) in [6, 6.07) is 13.8. The van der Waals surface area contributed by atoms with Crippen LogP contribution in [0, 0.1) is 6.92 Å². The second-order valence-corrected chi connectivity index (χ2v) is 6.54. The first-order chi connectivity index (χ1) is 14.0. The van der Waals surface area contributed by atoms with Crippen LogP contribution in [0.4, 0.5) is 5.69 Å². The van der Waals surface area contributed by atoms with E-state index in [4.69, 9.17) is 21.1 Å². The van der Waals surface area contributed by atoms with E-state index in [1.165, 1.54) is 4.52 Å². The maximum Gasteiger partial charge on any atom is 0.295 e. The molecular weight excluding hydrogens is 394 g/mol. The highest BCUT2D eigenvalue weighted by Crippen LogP contribution is 2.33. The fourth-order valence-electron chi connectivity index (χ4n) is 2.64. The van der Waals surface area contributed by atoms with Crippen molar-refractivity contribution in [3.63, 3.8) is 0 Å². The second-order valence-electron chi connectivity index (χ2n) is 6.11. The molecule has 2 aromatic heterocycles. The molecule has 1 N–H and O–H groups in total. The Morgan fingerprint density at radius 1 is 1.10 bits per heavy atom. The molecule has 0 saturated carbocycles. The van der Waals surface area contributed by atoms with Gasteiger partial charge in [0.25, 0.3) is 11.7 Å². The van der Waals surface area contributed by atoms with E-state index in [1.54, 1.807) is 61.8 Å². The van der Waals surface area contributed by atoms with E-state index < -0.39 is 5.91 Å². The second kappa shape index (κ2) is 7.76. The Morgan fingerprint density at radius 2 is 1.86 bits per heavy atom. The molecule has 1 amide bonds. The Bertz CT molecular complexity index is 1190. The third-order valence-electron chi connectivity index (χ3n) is 4.11. The van der Waals surface area contributed by atoms with Gasteiger partial charge in [0, 0.05) is 16.9 Å². The number of carbonyl (C=O) groups is 1. The van der Waals surface area contributed by atoms with Crippen molar-refractivity contribution in [3.05, 3.63) is 71.3 Å². The summed E-state index contributed by atoms with van der Waals surface area (Å²) in [6.07, 6.45) is 1.61. The van der Waals surface area contributed by atoms with Gasteiger partial charge in [-0.25, -0.2) is 9.50 Å². The minimum atomic E-state index is -0.503. The highest BCUT2D eigenvalue weighted by molar-refractivity contribution is 6.31. The first kappa shape index (κ1) is 18.7. The number of benzene rings is 2. The zero-order valence-corrected chi connectivity index (χ0v) is 16.3. The third-order valence-corrected chi connectivity index (χ3v) is 4.35. The van der Waals surface area contributed by atoms with Crippen LogP contribution in [-0.4, -0.2) is 32.6 Å².